The molecule has 35 heavy (non-hydrogen) atoms. The molecule has 1 aliphatic heterocycles. The summed E-state index contributed by atoms with van der Waals surface area (Å²) in [6, 6.07) is 15.7. The molecule has 9 heteroatoms. The van der Waals surface area contributed by atoms with Crippen LogP contribution in [0.1, 0.15) is 22.3 Å². The number of ether oxygens (including phenoxy) is 2. The molecule has 3 aromatic carbocycles. The second-order valence-corrected chi connectivity index (χ2v) is 10.3. The van der Waals surface area contributed by atoms with Crippen molar-refractivity contribution in [3.63, 3.8) is 0 Å². The molecule has 0 aliphatic carbocycles. The van der Waals surface area contributed by atoms with Crippen molar-refractivity contribution in [2.75, 3.05) is 7.11 Å². The maximum absolute atomic E-state index is 14.1. The minimum Gasteiger partial charge on any atom is -0.493 e. The van der Waals surface area contributed by atoms with Crippen molar-refractivity contribution in [3.8, 4) is 11.5 Å². The molecule has 1 fully saturated rings. The fourth-order valence-corrected chi connectivity index (χ4v) is 5.40. The molecular weight excluding hydrogens is 604 g/mol. The van der Waals surface area contributed by atoms with Crippen molar-refractivity contribution in [2.45, 2.75) is 20.1 Å². The van der Waals surface area contributed by atoms with Crippen LogP contribution in [0.15, 0.2) is 59.5 Å². The molecule has 2 amide bonds. The number of methoxy groups -OCH3 is 1. The first kappa shape index (κ1) is 25.5. The third-order valence-corrected chi connectivity index (χ3v) is 7.33. The molecule has 0 radical (unpaired) electrons. The molecule has 3 aromatic rings. The van der Waals surface area contributed by atoms with E-state index in [2.05, 4.69) is 22.6 Å². The zero-order valence-electron chi connectivity index (χ0n) is 18.8. The highest BCUT2D eigenvalue weighted by Gasteiger charge is 2.35. The lowest BCUT2D eigenvalue weighted by atomic mass is 10.1. The molecule has 5 nitrogen and oxygen atoms in total. The van der Waals surface area contributed by atoms with Crippen molar-refractivity contribution in [3.05, 3.63) is 96.2 Å². The Kier molecular flexibility index (Phi) is 8.03. The van der Waals surface area contributed by atoms with Gasteiger partial charge in [-0.3, -0.25) is 14.5 Å². The summed E-state index contributed by atoms with van der Waals surface area (Å²) in [5.74, 6) is 0.0428. The van der Waals surface area contributed by atoms with Gasteiger partial charge in [-0.05, 0) is 82.7 Å². The predicted molar refractivity (Wildman–Crippen MR) is 144 cm³/mol. The van der Waals surface area contributed by atoms with Gasteiger partial charge in [0.05, 0.1) is 27.2 Å². The van der Waals surface area contributed by atoms with Crippen LogP contribution in [0.5, 0.6) is 11.5 Å². The smallest absolute Gasteiger partial charge is 0.293 e. The van der Waals surface area contributed by atoms with Gasteiger partial charge in [-0.25, -0.2) is 4.39 Å². The first-order valence-electron chi connectivity index (χ1n) is 10.5. The molecule has 0 atom stereocenters. The third kappa shape index (κ3) is 5.82. The highest BCUT2D eigenvalue weighted by Crippen LogP contribution is 2.38. The zero-order chi connectivity index (χ0) is 25.1. The van der Waals surface area contributed by atoms with Crippen molar-refractivity contribution >= 4 is 63.2 Å². The fraction of sp³-hybridized carbons (Fsp3) is 0.154. The van der Waals surface area contributed by atoms with Gasteiger partial charge in [0.25, 0.3) is 11.1 Å². The topological polar surface area (TPSA) is 55.8 Å². The molecule has 1 aliphatic rings. The summed E-state index contributed by atoms with van der Waals surface area (Å²) in [6.07, 6.45) is 1.66. The second-order valence-electron chi connectivity index (χ2n) is 7.78. The Morgan fingerprint density at radius 2 is 1.91 bits per heavy atom. The molecule has 0 aromatic heterocycles. The largest absolute Gasteiger partial charge is 0.493 e. The van der Waals surface area contributed by atoms with Crippen molar-refractivity contribution in [1.82, 2.24) is 4.90 Å². The van der Waals surface area contributed by atoms with Gasteiger partial charge < -0.3 is 9.47 Å². The number of hydrogen-bond acceptors (Lipinski definition) is 5. The zero-order valence-corrected chi connectivity index (χ0v) is 22.5. The quantitative estimate of drug-likeness (QED) is 0.206. The van der Waals surface area contributed by atoms with E-state index in [0.717, 1.165) is 22.9 Å². The van der Waals surface area contributed by atoms with Crippen LogP contribution in [0, 0.1) is 16.3 Å². The molecule has 1 heterocycles. The number of carbonyl (C=O) groups is 2. The molecule has 180 valence electrons. The molecular formula is C26H20ClFINO4S. The van der Waals surface area contributed by atoms with E-state index in [0.29, 0.717) is 25.5 Å². The van der Waals surface area contributed by atoms with Crippen molar-refractivity contribution < 1.29 is 23.5 Å². The van der Waals surface area contributed by atoms with Crippen LogP contribution < -0.4 is 9.47 Å². The van der Waals surface area contributed by atoms with Gasteiger partial charge in [-0.1, -0.05) is 47.5 Å². The maximum atomic E-state index is 14.1. The van der Waals surface area contributed by atoms with E-state index in [4.69, 9.17) is 21.1 Å². The van der Waals surface area contributed by atoms with E-state index in [1.54, 1.807) is 24.3 Å². The normalized spacial score (nSPS) is 14.7. The number of nitrogens with zero attached hydrogens (tertiary/aromatic N) is 1. The summed E-state index contributed by atoms with van der Waals surface area (Å²) in [5, 5.41) is -0.0388. The third-order valence-electron chi connectivity index (χ3n) is 5.27. The lowest BCUT2D eigenvalue weighted by Crippen LogP contribution is -2.27. The highest BCUT2D eigenvalue weighted by atomic mass is 127. The van der Waals surface area contributed by atoms with E-state index in [-0.39, 0.29) is 34.9 Å². The maximum Gasteiger partial charge on any atom is 0.293 e. The first-order chi connectivity index (χ1) is 16.8. The lowest BCUT2D eigenvalue weighted by Gasteiger charge is -2.15. The van der Waals surface area contributed by atoms with Crippen LogP contribution >= 0.6 is 46.0 Å². The molecule has 0 N–H and O–H groups in total. The van der Waals surface area contributed by atoms with Crippen LogP contribution in [-0.2, 0) is 17.9 Å². The minimum atomic E-state index is -0.454. The standard InChI is InChI=1S/C26H20ClFINO4S/c1-15-5-3-6-16(9-15)13-30-25(31)23(35-26(30)32)12-17-10-21(29)24(22(11-17)33-2)34-14-18-19(27)7-4-8-20(18)28/h3-12H,13-14H2,1-2H3/b23-12-. The molecule has 0 bridgehead atoms. The van der Waals surface area contributed by atoms with Crippen LogP contribution in [-0.4, -0.2) is 23.2 Å². The van der Waals surface area contributed by atoms with Crippen LogP contribution in [0.2, 0.25) is 5.02 Å². The molecule has 0 unspecified atom stereocenters. The van der Waals surface area contributed by atoms with Crippen molar-refractivity contribution in [1.29, 1.82) is 0 Å². The molecule has 4 rings (SSSR count). The Morgan fingerprint density at radius 3 is 2.63 bits per heavy atom. The Bertz CT molecular complexity index is 1330. The van der Waals surface area contributed by atoms with Gasteiger partial charge in [0.15, 0.2) is 11.5 Å². The number of hydrogen-bond donors (Lipinski definition) is 0. The summed E-state index contributed by atoms with van der Waals surface area (Å²) in [5.41, 5.74) is 2.87. The van der Waals surface area contributed by atoms with E-state index in [1.165, 1.54) is 24.1 Å². The summed E-state index contributed by atoms with van der Waals surface area (Å²) >= 11 is 9.08. The summed E-state index contributed by atoms with van der Waals surface area (Å²) in [6.45, 7) is 2.11. The number of imide groups is 1. The van der Waals surface area contributed by atoms with Crippen molar-refractivity contribution in [2.24, 2.45) is 0 Å². The SMILES string of the molecule is COc1cc(/C=C2\SC(=O)N(Cc3cccc(C)c3)C2=O)cc(I)c1OCc1c(F)cccc1Cl. The van der Waals surface area contributed by atoms with Gasteiger partial charge >= 0.3 is 0 Å². The lowest BCUT2D eigenvalue weighted by molar-refractivity contribution is -0.123. The van der Waals surface area contributed by atoms with Crippen LogP contribution in [0.3, 0.4) is 0 Å². The number of rotatable bonds is 7. The number of amides is 2. The van der Waals surface area contributed by atoms with Crippen LogP contribution in [0.25, 0.3) is 6.08 Å². The van der Waals surface area contributed by atoms with Crippen LogP contribution in [0.4, 0.5) is 9.18 Å². The highest BCUT2D eigenvalue weighted by molar-refractivity contribution is 14.1. The average Bonchev–Trinajstić information content (AvgIpc) is 3.07. The Labute approximate surface area is 225 Å². The van der Waals surface area contributed by atoms with Gasteiger partial charge in [-0.15, -0.1) is 0 Å². The predicted octanol–water partition coefficient (Wildman–Crippen LogP) is 7.22. The number of thioether (sulfide) groups is 1. The Hall–Kier alpha value is -2.56. The molecule has 0 saturated carbocycles. The van der Waals surface area contributed by atoms with E-state index < -0.39 is 5.82 Å². The monoisotopic (exact) mass is 623 g/mol. The number of carbonyl (C=O) groups excluding carboxylic acids is 2. The summed E-state index contributed by atoms with van der Waals surface area (Å²) in [7, 11) is 1.49. The van der Waals surface area contributed by atoms with Gasteiger partial charge in [0.1, 0.15) is 12.4 Å². The summed E-state index contributed by atoms with van der Waals surface area (Å²) in [4.78, 5) is 27.0. The minimum absolute atomic E-state index is 0.0743. The van der Waals surface area contributed by atoms with Gasteiger partial charge in [0.2, 0.25) is 0 Å². The summed E-state index contributed by atoms with van der Waals surface area (Å²) < 4.78 is 26.1. The van der Waals surface area contributed by atoms with E-state index in [9.17, 15) is 14.0 Å². The number of aryl methyl sites for hydroxylation is 1. The second kappa shape index (κ2) is 11.0. The average molecular weight is 624 g/mol. The van der Waals surface area contributed by atoms with E-state index >= 15 is 0 Å². The Balaban J connectivity index is 1.55. The van der Waals surface area contributed by atoms with Gasteiger partial charge in [-0.2, -0.15) is 0 Å². The fourth-order valence-electron chi connectivity index (χ4n) is 3.56. The Morgan fingerprint density at radius 1 is 1.14 bits per heavy atom. The first-order valence-corrected chi connectivity index (χ1v) is 12.8. The van der Waals surface area contributed by atoms with E-state index in [1.807, 2.05) is 31.2 Å². The van der Waals surface area contributed by atoms with Gasteiger partial charge in [0, 0.05) is 5.56 Å². The molecule has 0 spiro atoms. The molecule has 1 saturated heterocycles. The number of benzene rings is 3. The number of halogens is 3.